The van der Waals surface area contributed by atoms with E-state index in [2.05, 4.69) is 32.1 Å². The minimum atomic E-state index is -4.46. The third-order valence-corrected chi connectivity index (χ3v) is 4.61. The number of hydrogen-bond acceptors (Lipinski definition) is 4. The molecule has 0 saturated heterocycles. The maximum Gasteiger partial charge on any atom is 0.416 e. The van der Waals surface area contributed by atoms with Crippen LogP contribution >= 0.6 is 0 Å². The average Bonchev–Trinajstić information content (AvgIpc) is 3.16. The molecule has 0 fully saturated rings. The van der Waals surface area contributed by atoms with Gasteiger partial charge in [0.15, 0.2) is 0 Å². The molecule has 0 spiro atoms. The van der Waals surface area contributed by atoms with Gasteiger partial charge in [0.2, 0.25) is 5.91 Å². The number of hydrogen-bond donors (Lipinski definition) is 3. The van der Waals surface area contributed by atoms with Gasteiger partial charge < -0.3 is 16.0 Å². The van der Waals surface area contributed by atoms with E-state index in [1.54, 1.807) is 30.5 Å². The Balaban J connectivity index is 1.48. The molecule has 4 rings (SSSR count). The van der Waals surface area contributed by atoms with Crippen molar-refractivity contribution in [2.45, 2.75) is 12.6 Å². The summed E-state index contributed by atoms with van der Waals surface area (Å²) in [6, 6.07) is 11.5. The molecule has 0 aliphatic rings. The fourth-order valence-electron chi connectivity index (χ4n) is 3.15. The van der Waals surface area contributed by atoms with Crippen molar-refractivity contribution >= 4 is 28.4 Å². The number of nitrogen functional groups attached to an aromatic ring is 1. The number of fused-ring (bicyclic) bond motifs is 1. The highest BCUT2D eigenvalue weighted by molar-refractivity contribution is 5.93. The average molecular weight is 435 g/mol. The van der Waals surface area contributed by atoms with E-state index < -0.39 is 17.6 Å². The van der Waals surface area contributed by atoms with Crippen molar-refractivity contribution in [3.63, 3.8) is 0 Å². The van der Waals surface area contributed by atoms with E-state index in [1.165, 1.54) is 18.5 Å². The second kappa shape index (κ2) is 8.43. The molecule has 1 amide bonds. The van der Waals surface area contributed by atoms with Gasteiger partial charge in [-0.25, -0.2) is 9.97 Å². The Morgan fingerprint density at radius 2 is 1.91 bits per heavy atom. The van der Waals surface area contributed by atoms with E-state index >= 15 is 0 Å². The van der Waals surface area contributed by atoms with Crippen LogP contribution in [0.1, 0.15) is 22.3 Å². The highest BCUT2D eigenvalue weighted by Crippen LogP contribution is 2.29. The number of anilines is 2. The topological polar surface area (TPSA) is 96.7 Å². The standard InChI is InChI=1S/C23H16F3N5O/c24-23(25,26)17-5-1-4-15(9-17)11-19(32)31-18-6-2-3-14(10-18)7-8-16-12-28-22-20(16)21(27)29-13-30-22/h1-6,9-10,12-13H,11H2,(H,31,32)(H3,27,28,29,30). The summed E-state index contributed by atoms with van der Waals surface area (Å²) in [4.78, 5) is 23.4. The summed E-state index contributed by atoms with van der Waals surface area (Å²) in [5, 5.41) is 3.32. The van der Waals surface area contributed by atoms with Crippen molar-refractivity contribution in [3.05, 3.63) is 83.3 Å². The number of nitrogens with two attached hydrogens (primary N) is 1. The van der Waals surface area contributed by atoms with E-state index in [0.717, 1.165) is 12.1 Å². The van der Waals surface area contributed by atoms with Gasteiger partial charge in [-0.05, 0) is 29.8 Å². The summed E-state index contributed by atoms with van der Waals surface area (Å²) in [5.41, 5.74) is 7.71. The normalized spacial score (nSPS) is 11.1. The first kappa shape index (κ1) is 20.9. The van der Waals surface area contributed by atoms with Crippen molar-refractivity contribution in [2.75, 3.05) is 11.1 Å². The third kappa shape index (κ3) is 4.70. The molecule has 6 nitrogen and oxygen atoms in total. The molecule has 2 aromatic carbocycles. The van der Waals surface area contributed by atoms with Gasteiger partial charge >= 0.3 is 6.18 Å². The molecule has 4 N–H and O–H groups in total. The lowest BCUT2D eigenvalue weighted by Crippen LogP contribution is -2.15. The van der Waals surface area contributed by atoms with E-state index in [1.807, 2.05) is 0 Å². The van der Waals surface area contributed by atoms with Gasteiger partial charge in [-0.15, -0.1) is 0 Å². The van der Waals surface area contributed by atoms with Gasteiger partial charge in [0.1, 0.15) is 17.8 Å². The monoisotopic (exact) mass is 435 g/mol. The van der Waals surface area contributed by atoms with Crippen LogP contribution in [-0.4, -0.2) is 20.9 Å². The van der Waals surface area contributed by atoms with E-state index in [-0.39, 0.29) is 12.0 Å². The molecular weight excluding hydrogens is 419 g/mol. The Morgan fingerprint density at radius 3 is 2.72 bits per heavy atom. The number of nitrogens with one attached hydrogen (secondary N) is 2. The van der Waals surface area contributed by atoms with Crippen LogP contribution in [0.4, 0.5) is 24.7 Å². The van der Waals surface area contributed by atoms with Crippen LogP contribution in [0, 0.1) is 11.8 Å². The van der Waals surface area contributed by atoms with Gasteiger partial charge in [0.05, 0.1) is 22.9 Å². The summed E-state index contributed by atoms with van der Waals surface area (Å²) < 4.78 is 38.6. The van der Waals surface area contributed by atoms with Crippen LogP contribution in [0.25, 0.3) is 11.0 Å². The minimum absolute atomic E-state index is 0.186. The van der Waals surface area contributed by atoms with Crippen LogP contribution in [0.15, 0.2) is 61.1 Å². The fraction of sp³-hybridized carbons (Fsp3) is 0.0870. The molecule has 0 aliphatic carbocycles. The van der Waals surface area contributed by atoms with Gasteiger partial charge in [0, 0.05) is 17.4 Å². The van der Waals surface area contributed by atoms with Crippen molar-refractivity contribution in [3.8, 4) is 11.8 Å². The molecule has 2 heterocycles. The number of halogens is 3. The Hall–Kier alpha value is -4.32. The molecule has 9 heteroatoms. The number of rotatable bonds is 3. The summed E-state index contributed by atoms with van der Waals surface area (Å²) in [6.07, 6.45) is -1.60. The van der Waals surface area contributed by atoms with Gasteiger partial charge in [-0.2, -0.15) is 13.2 Å². The number of H-pyrrole nitrogens is 1. The van der Waals surface area contributed by atoms with Gasteiger partial charge in [0.25, 0.3) is 0 Å². The molecule has 0 aliphatic heterocycles. The Morgan fingerprint density at radius 1 is 1.09 bits per heavy atom. The quantitative estimate of drug-likeness (QED) is 0.422. The van der Waals surface area contributed by atoms with Crippen molar-refractivity contribution in [1.82, 2.24) is 15.0 Å². The molecular formula is C23H16F3N5O. The highest BCUT2D eigenvalue weighted by Gasteiger charge is 2.30. The van der Waals surface area contributed by atoms with Crippen molar-refractivity contribution in [1.29, 1.82) is 0 Å². The highest BCUT2D eigenvalue weighted by atomic mass is 19.4. The van der Waals surface area contributed by atoms with E-state index in [9.17, 15) is 18.0 Å². The molecule has 0 radical (unpaired) electrons. The van der Waals surface area contributed by atoms with Crippen LogP contribution in [0.3, 0.4) is 0 Å². The summed E-state index contributed by atoms with van der Waals surface area (Å²) in [6.45, 7) is 0. The number of alkyl halides is 3. The predicted octanol–water partition coefficient (Wildman–Crippen LogP) is 4.14. The second-order valence-electron chi connectivity index (χ2n) is 6.94. The van der Waals surface area contributed by atoms with Crippen molar-refractivity contribution < 1.29 is 18.0 Å². The number of benzene rings is 2. The molecule has 0 bridgehead atoms. The zero-order valence-corrected chi connectivity index (χ0v) is 16.5. The first-order valence-corrected chi connectivity index (χ1v) is 9.45. The lowest BCUT2D eigenvalue weighted by molar-refractivity contribution is -0.137. The maximum absolute atomic E-state index is 12.9. The number of carbonyl (C=O) groups is 1. The van der Waals surface area contributed by atoms with Gasteiger partial charge in [-0.1, -0.05) is 36.1 Å². The van der Waals surface area contributed by atoms with E-state index in [0.29, 0.717) is 33.7 Å². The Kier molecular flexibility index (Phi) is 5.52. The number of amides is 1. The second-order valence-corrected chi connectivity index (χ2v) is 6.94. The molecule has 4 aromatic rings. The predicted molar refractivity (Wildman–Crippen MR) is 115 cm³/mol. The molecule has 2 aromatic heterocycles. The number of aromatic amines is 1. The Bertz CT molecular complexity index is 1370. The lowest BCUT2D eigenvalue weighted by atomic mass is 10.1. The first-order chi connectivity index (χ1) is 15.3. The van der Waals surface area contributed by atoms with E-state index in [4.69, 9.17) is 5.73 Å². The molecule has 160 valence electrons. The minimum Gasteiger partial charge on any atom is -0.383 e. The zero-order chi connectivity index (χ0) is 22.7. The Labute approximate surface area is 180 Å². The van der Waals surface area contributed by atoms with Crippen LogP contribution < -0.4 is 11.1 Å². The summed E-state index contributed by atoms with van der Waals surface area (Å²) in [7, 11) is 0. The molecule has 0 saturated carbocycles. The number of carbonyl (C=O) groups excluding carboxylic acids is 1. The van der Waals surface area contributed by atoms with Gasteiger partial charge in [-0.3, -0.25) is 4.79 Å². The largest absolute Gasteiger partial charge is 0.416 e. The smallest absolute Gasteiger partial charge is 0.383 e. The lowest BCUT2D eigenvalue weighted by Gasteiger charge is -2.09. The number of aromatic nitrogens is 3. The summed E-state index contributed by atoms with van der Waals surface area (Å²) >= 11 is 0. The molecule has 32 heavy (non-hydrogen) atoms. The molecule has 0 atom stereocenters. The van der Waals surface area contributed by atoms with Crippen LogP contribution in [-0.2, 0) is 17.4 Å². The van der Waals surface area contributed by atoms with Crippen LogP contribution in [0.5, 0.6) is 0 Å². The summed E-state index contributed by atoms with van der Waals surface area (Å²) in [5.74, 6) is 5.88. The SMILES string of the molecule is Nc1ncnc2[nH]cc(C#Cc3cccc(NC(=O)Cc4cccc(C(F)(F)F)c4)c3)c12. The number of nitrogens with zero attached hydrogens (tertiary/aromatic N) is 2. The van der Waals surface area contributed by atoms with Crippen LogP contribution in [0.2, 0.25) is 0 Å². The fourth-order valence-corrected chi connectivity index (χ4v) is 3.15. The maximum atomic E-state index is 12.9. The first-order valence-electron chi connectivity index (χ1n) is 9.45. The molecule has 0 unspecified atom stereocenters. The zero-order valence-electron chi connectivity index (χ0n) is 16.5. The third-order valence-electron chi connectivity index (χ3n) is 4.61. The van der Waals surface area contributed by atoms with Crippen molar-refractivity contribution in [2.24, 2.45) is 0 Å².